The Morgan fingerprint density at radius 1 is 1.08 bits per heavy atom. The van der Waals surface area contributed by atoms with Crippen LogP contribution in [0.2, 0.25) is 0 Å². The molecule has 3 aromatic rings. The molecule has 0 atom stereocenters. The number of thiazole rings is 1. The summed E-state index contributed by atoms with van der Waals surface area (Å²) in [6.07, 6.45) is 2.90. The molecule has 0 aliphatic carbocycles. The summed E-state index contributed by atoms with van der Waals surface area (Å²) in [6.45, 7) is 1.88. The van der Waals surface area contributed by atoms with Crippen LogP contribution in [0.25, 0.3) is 0 Å². The molecule has 0 aliphatic rings. The van der Waals surface area contributed by atoms with Gasteiger partial charge in [0.05, 0.1) is 4.90 Å². The minimum atomic E-state index is -3.76. The zero-order chi connectivity index (χ0) is 17.9. The van der Waals surface area contributed by atoms with Gasteiger partial charge in [0.1, 0.15) is 12.0 Å². The summed E-state index contributed by atoms with van der Waals surface area (Å²) < 4.78 is 24.6. The van der Waals surface area contributed by atoms with E-state index in [2.05, 4.69) is 30.5 Å². The van der Waals surface area contributed by atoms with Gasteiger partial charge in [-0.05, 0) is 19.1 Å². The van der Waals surface area contributed by atoms with Crippen molar-refractivity contribution in [3.8, 4) is 0 Å². The van der Waals surface area contributed by atoms with Crippen LogP contribution in [0.5, 0.6) is 0 Å². The number of nitrogens with zero attached hydrogens (tertiary/aromatic N) is 3. The number of hydrogen-bond donors (Lipinski definition) is 4. The monoisotopic (exact) mass is 377 g/mol. The highest BCUT2D eigenvalue weighted by Crippen LogP contribution is 2.26. The molecule has 0 spiro atoms. The second kappa shape index (κ2) is 7.01. The lowest BCUT2D eigenvalue weighted by Crippen LogP contribution is -2.30. The molecule has 0 unspecified atom stereocenters. The highest BCUT2D eigenvalue weighted by molar-refractivity contribution is 7.89. The molecule has 3 rings (SSSR count). The Morgan fingerprint density at radius 2 is 1.80 bits per heavy atom. The third-order valence-electron chi connectivity index (χ3n) is 3.18. The maximum absolute atomic E-state index is 12.3. The minimum Gasteiger partial charge on any atom is -0.393 e. The van der Waals surface area contributed by atoms with Crippen LogP contribution < -0.4 is 21.3 Å². The van der Waals surface area contributed by atoms with Crippen LogP contribution in [0.3, 0.4) is 0 Å². The highest BCUT2D eigenvalue weighted by Gasteiger charge is 2.15. The van der Waals surface area contributed by atoms with E-state index in [-0.39, 0.29) is 16.4 Å². The van der Waals surface area contributed by atoms with Gasteiger partial charge in [-0.3, -0.25) is 5.43 Å². The Morgan fingerprint density at radius 3 is 2.48 bits per heavy atom. The number of benzene rings is 1. The molecular formula is C14H15N7O2S2. The number of hydrazine groups is 1. The molecule has 9 nitrogen and oxygen atoms in total. The number of hydrogen-bond acceptors (Lipinski definition) is 9. The molecule has 0 bridgehead atoms. The second-order valence-electron chi connectivity index (χ2n) is 4.99. The molecule has 5 N–H and O–H groups in total. The van der Waals surface area contributed by atoms with Gasteiger partial charge in [0.25, 0.3) is 10.0 Å². The number of anilines is 4. The van der Waals surface area contributed by atoms with Gasteiger partial charge in [0.15, 0.2) is 16.8 Å². The van der Waals surface area contributed by atoms with Crippen LogP contribution in [0.4, 0.5) is 22.5 Å². The summed E-state index contributed by atoms with van der Waals surface area (Å²) in [5, 5.41) is 5.35. The number of nitrogens with two attached hydrogens (primary N) is 1. The van der Waals surface area contributed by atoms with Crippen molar-refractivity contribution >= 4 is 43.8 Å². The van der Waals surface area contributed by atoms with Crippen molar-refractivity contribution in [3.05, 3.63) is 47.7 Å². The molecule has 0 saturated heterocycles. The molecule has 0 radical (unpaired) electrons. The average Bonchev–Trinajstić information content (AvgIpc) is 3.09. The van der Waals surface area contributed by atoms with Crippen molar-refractivity contribution in [1.29, 1.82) is 0 Å². The van der Waals surface area contributed by atoms with Crippen molar-refractivity contribution in [2.24, 2.45) is 0 Å². The van der Waals surface area contributed by atoms with Crippen molar-refractivity contribution in [3.63, 3.8) is 0 Å². The van der Waals surface area contributed by atoms with Gasteiger partial charge < -0.3 is 11.1 Å². The average molecular weight is 377 g/mol. The molecule has 130 valence electrons. The van der Waals surface area contributed by atoms with E-state index in [1.54, 1.807) is 23.7 Å². The van der Waals surface area contributed by atoms with E-state index in [1.807, 2.05) is 6.92 Å². The molecule has 0 fully saturated rings. The van der Waals surface area contributed by atoms with Gasteiger partial charge in [-0.2, -0.15) is 0 Å². The standard InChI is InChI=1S/C14H15N7O2S2/c1-9-2-4-10(5-3-9)25(22,23)21-20-13-11(15)12(17-8-18-13)19-14-16-6-7-24-14/h2-8,21H,15H2,1H3,(H2,16,17,18,19,20). The maximum atomic E-state index is 12.3. The van der Waals surface area contributed by atoms with E-state index in [9.17, 15) is 8.42 Å². The number of nitrogens with one attached hydrogen (secondary N) is 3. The van der Waals surface area contributed by atoms with Gasteiger partial charge in [0, 0.05) is 11.6 Å². The topological polar surface area (TPSA) is 135 Å². The van der Waals surface area contributed by atoms with Gasteiger partial charge in [0.2, 0.25) is 0 Å². The van der Waals surface area contributed by atoms with Crippen LogP contribution in [0.15, 0.2) is 47.1 Å². The Labute approximate surface area is 148 Å². The predicted octanol–water partition coefficient (Wildman–Crippen LogP) is 1.87. The van der Waals surface area contributed by atoms with E-state index in [1.165, 1.54) is 29.8 Å². The van der Waals surface area contributed by atoms with Crippen LogP contribution >= 0.6 is 11.3 Å². The molecule has 0 saturated carbocycles. The van der Waals surface area contributed by atoms with Crippen molar-refractivity contribution in [1.82, 2.24) is 19.8 Å². The summed E-state index contributed by atoms with van der Waals surface area (Å²) in [5.74, 6) is 0.451. The summed E-state index contributed by atoms with van der Waals surface area (Å²) in [7, 11) is -3.76. The molecule has 11 heteroatoms. The summed E-state index contributed by atoms with van der Waals surface area (Å²) in [4.78, 5) is 14.4. The summed E-state index contributed by atoms with van der Waals surface area (Å²) >= 11 is 1.38. The lowest BCUT2D eigenvalue weighted by Gasteiger charge is -2.12. The zero-order valence-corrected chi connectivity index (χ0v) is 14.7. The first-order valence-corrected chi connectivity index (χ1v) is 9.43. The lowest BCUT2D eigenvalue weighted by atomic mass is 10.2. The molecule has 0 amide bonds. The molecule has 2 heterocycles. The zero-order valence-electron chi connectivity index (χ0n) is 13.1. The number of aromatic nitrogens is 3. The third-order valence-corrected chi connectivity index (χ3v) is 5.13. The van der Waals surface area contributed by atoms with Crippen molar-refractivity contribution in [2.45, 2.75) is 11.8 Å². The van der Waals surface area contributed by atoms with Gasteiger partial charge in [-0.25, -0.2) is 23.4 Å². The first-order valence-electron chi connectivity index (χ1n) is 7.07. The van der Waals surface area contributed by atoms with Crippen molar-refractivity contribution < 1.29 is 8.42 Å². The summed E-state index contributed by atoms with van der Waals surface area (Å²) in [6, 6.07) is 6.45. The fourth-order valence-corrected chi connectivity index (χ4v) is 3.24. The fourth-order valence-electron chi connectivity index (χ4n) is 1.87. The van der Waals surface area contributed by atoms with Gasteiger partial charge in [-0.1, -0.05) is 17.7 Å². The smallest absolute Gasteiger partial charge is 0.257 e. The van der Waals surface area contributed by atoms with E-state index < -0.39 is 10.0 Å². The SMILES string of the molecule is Cc1ccc(S(=O)(=O)NNc2ncnc(Nc3nccs3)c2N)cc1. The predicted molar refractivity (Wildman–Crippen MR) is 97.0 cm³/mol. The molecule has 1 aromatic carbocycles. The van der Waals surface area contributed by atoms with Crippen LogP contribution in [-0.2, 0) is 10.0 Å². The Balaban J connectivity index is 1.76. The number of nitrogen functional groups attached to an aromatic ring is 1. The van der Waals surface area contributed by atoms with Gasteiger partial charge in [-0.15, -0.1) is 16.2 Å². The second-order valence-corrected chi connectivity index (χ2v) is 7.57. The third kappa shape index (κ3) is 4.02. The van der Waals surface area contributed by atoms with Crippen LogP contribution in [-0.4, -0.2) is 23.4 Å². The number of sulfonamides is 1. The maximum Gasteiger partial charge on any atom is 0.257 e. The largest absolute Gasteiger partial charge is 0.393 e. The lowest BCUT2D eigenvalue weighted by molar-refractivity contribution is 0.587. The molecule has 0 aliphatic heterocycles. The number of rotatable bonds is 6. The number of aryl methyl sites for hydroxylation is 1. The normalized spacial score (nSPS) is 11.2. The van der Waals surface area contributed by atoms with Gasteiger partial charge >= 0.3 is 0 Å². The molecule has 25 heavy (non-hydrogen) atoms. The van der Waals surface area contributed by atoms with E-state index in [0.717, 1.165) is 5.56 Å². The van der Waals surface area contributed by atoms with E-state index in [4.69, 9.17) is 5.73 Å². The Kier molecular flexibility index (Phi) is 4.79. The van der Waals surface area contributed by atoms with Crippen LogP contribution in [0, 0.1) is 6.92 Å². The highest BCUT2D eigenvalue weighted by atomic mass is 32.2. The van der Waals surface area contributed by atoms with E-state index in [0.29, 0.717) is 10.9 Å². The first-order chi connectivity index (χ1) is 12.0. The van der Waals surface area contributed by atoms with E-state index >= 15 is 0 Å². The quantitative estimate of drug-likeness (QED) is 0.478. The summed E-state index contributed by atoms with van der Waals surface area (Å²) in [5.41, 5.74) is 9.61. The Hall–Kier alpha value is -2.76. The fraction of sp³-hybridized carbons (Fsp3) is 0.0714. The van der Waals surface area contributed by atoms with Crippen LogP contribution in [0.1, 0.15) is 5.56 Å². The first kappa shape index (κ1) is 17.1. The molecular weight excluding hydrogens is 362 g/mol. The molecule has 2 aromatic heterocycles. The Bertz CT molecular complexity index is 957. The minimum absolute atomic E-state index is 0.124. The van der Waals surface area contributed by atoms with Crippen molar-refractivity contribution in [2.75, 3.05) is 16.5 Å².